The van der Waals surface area contributed by atoms with Gasteiger partial charge in [0, 0.05) is 29.9 Å². The Balaban J connectivity index is 1.84. The van der Waals surface area contributed by atoms with Crippen LogP contribution in [0.2, 0.25) is 0 Å². The van der Waals surface area contributed by atoms with Gasteiger partial charge < -0.3 is 19.7 Å². The van der Waals surface area contributed by atoms with Crippen molar-refractivity contribution in [1.82, 2.24) is 0 Å². The molecule has 6 nitrogen and oxygen atoms in total. The van der Waals surface area contributed by atoms with Crippen molar-refractivity contribution < 1.29 is 19.1 Å². The molecule has 0 atom stereocenters. The van der Waals surface area contributed by atoms with Crippen molar-refractivity contribution >= 4 is 23.1 Å². The van der Waals surface area contributed by atoms with Crippen LogP contribution >= 0.6 is 0 Å². The summed E-state index contributed by atoms with van der Waals surface area (Å²) in [5.41, 5.74) is 2.42. The molecule has 0 aliphatic carbocycles. The van der Waals surface area contributed by atoms with Gasteiger partial charge in [-0.1, -0.05) is 6.07 Å². The molecule has 0 saturated carbocycles. The zero-order chi connectivity index (χ0) is 18.5. The van der Waals surface area contributed by atoms with Crippen LogP contribution in [-0.2, 0) is 4.74 Å². The molecular weight excluding hydrogens is 332 g/mol. The van der Waals surface area contributed by atoms with E-state index in [1.165, 1.54) is 6.92 Å². The van der Waals surface area contributed by atoms with Crippen molar-refractivity contribution in [1.29, 1.82) is 0 Å². The van der Waals surface area contributed by atoms with E-state index in [-0.39, 0.29) is 11.7 Å². The second kappa shape index (κ2) is 8.01. The van der Waals surface area contributed by atoms with E-state index in [1.807, 2.05) is 12.1 Å². The quantitative estimate of drug-likeness (QED) is 0.836. The third-order valence-corrected chi connectivity index (χ3v) is 4.34. The van der Waals surface area contributed by atoms with Crippen LogP contribution in [0.3, 0.4) is 0 Å². The monoisotopic (exact) mass is 354 g/mol. The maximum Gasteiger partial charge on any atom is 0.255 e. The average Bonchev–Trinajstić information content (AvgIpc) is 2.68. The summed E-state index contributed by atoms with van der Waals surface area (Å²) in [5.74, 6) is 0.221. The molecule has 1 aliphatic rings. The van der Waals surface area contributed by atoms with E-state index in [0.29, 0.717) is 35.8 Å². The molecule has 0 unspecified atom stereocenters. The fourth-order valence-electron chi connectivity index (χ4n) is 2.91. The molecule has 0 spiro atoms. The van der Waals surface area contributed by atoms with Gasteiger partial charge in [0.15, 0.2) is 5.78 Å². The number of nitrogens with zero attached hydrogens (tertiary/aromatic N) is 1. The van der Waals surface area contributed by atoms with Crippen LogP contribution in [0, 0.1) is 0 Å². The van der Waals surface area contributed by atoms with Gasteiger partial charge in [-0.25, -0.2) is 0 Å². The van der Waals surface area contributed by atoms with E-state index in [4.69, 9.17) is 9.47 Å². The Morgan fingerprint density at radius 3 is 2.58 bits per heavy atom. The SMILES string of the molecule is COc1cccc(C(=O)Nc2ccc(N3CCOCC3)cc2C(C)=O)c1. The first-order chi connectivity index (χ1) is 12.6. The van der Waals surface area contributed by atoms with E-state index in [0.717, 1.165) is 18.8 Å². The van der Waals surface area contributed by atoms with Crippen molar-refractivity contribution in [3.8, 4) is 5.75 Å². The molecule has 0 radical (unpaired) electrons. The van der Waals surface area contributed by atoms with Crippen LogP contribution in [0.15, 0.2) is 42.5 Å². The van der Waals surface area contributed by atoms with Gasteiger partial charge in [-0.15, -0.1) is 0 Å². The Morgan fingerprint density at radius 1 is 1.12 bits per heavy atom. The molecule has 136 valence electrons. The van der Waals surface area contributed by atoms with Crippen LogP contribution in [-0.4, -0.2) is 45.1 Å². The van der Waals surface area contributed by atoms with E-state index in [2.05, 4.69) is 10.2 Å². The summed E-state index contributed by atoms with van der Waals surface area (Å²) in [6.07, 6.45) is 0. The Kier molecular flexibility index (Phi) is 5.53. The highest BCUT2D eigenvalue weighted by atomic mass is 16.5. The lowest BCUT2D eigenvalue weighted by Crippen LogP contribution is -2.36. The molecule has 0 aromatic heterocycles. The van der Waals surface area contributed by atoms with Crippen LogP contribution in [0.5, 0.6) is 5.75 Å². The van der Waals surface area contributed by atoms with Crippen molar-refractivity contribution in [3.05, 3.63) is 53.6 Å². The Hall–Kier alpha value is -2.86. The molecule has 2 aromatic carbocycles. The van der Waals surface area contributed by atoms with E-state index in [1.54, 1.807) is 37.4 Å². The Morgan fingerprint density at radius 2 is 1.88 bits per heavy atom. The number of carbonyl (C=O) groups is 2. The highest BCUT2D eigenvalue weighted by Crippen LogP contribution is 2.25. The zero-order valence-corrected chi connectivity index (χ0v) is 15.0. The minimum atomic E-state index is -0.287. The summed E-state index contributed by atoms with van der Waals surface area (Å²) in [4.78, 5) is 26.8. The van der Waals surface area contributed by atoms with Gasteiger partial charge in [-0.2, -0.15) is 0 Å². The fourth-order valence-corrected chi connectivity index (χ4v) is 2.91. The van der Waals surface area contributed by atoms with Crippen LogP contribution in [0.25, 0.3) is 0 Å². The highest BCUT2D eigenvalue weighted by molar-refractivity contribution is 6.09. The van der Waals surface area contributed by atoms with E-state index >= 15 is 0 Å². The van der Waals surface area contributed by atoms with Gasteiger partial charge in [-0.05, 0) is 43.3 Å². The molecule has 3 rings (SSSR count). The predicted molar refractivity (Wildman–Crippen MR) is 100 cm³/mol. The lowest BCUT2D eigenvalue weighted by Gasteiger charge is -2.29. The number of anilines is 2. The van der Waals surface area contributed by atoms with Gasteiger partial charge in [-0.3, -0.25) is 9.59 Å². The maximum atomic E-state index is 12.5. The molecule has 26 heavy (non-hydrogen) atoms. The molecule has 1 N–H and O–H groups in total. The average molecular weight is 354 g/mol. The lowest BCUT2D eigenvalue weighted by molar-refractivity contribution is 0.101. The topological polar surface area (TPSA) is 67.9 Å². The van der Waals surface area contributed by atoms with Crippen molar-refractivity contribution in [3.63, 3.8) is 0 Å². The molecule has 1 aliphatic heterocycles. The molecule has 2 aromatic rings. The first kappa shape index (κ1) is 17.9. The second-order valence-corrected chi connectivity index (χ2v) is 6.07. The standard InChI is InChI=1S/C20H22N2O4/c1-14(23)18-13-16(22-8-10-26-11-9-22)6-7-19(18)21-20(24)15-4-3-5-17(12-15)25-2/h3-7,12-13H,8-11H2,1-2H3,(H,21,24). The molecule has 1 fully saturated rings. The van der Waals surface area contributed by atoms with Crippen LogP contribution in [0.4, 0.5) is 11.4 Å². The summed E-state index contributed by atoms with van der Waals surface area (Å²) in [5, 5.41) is 2.83. The summed E-state index contributed by atoms with van der Waals surface area (Å²) >= 11 is 0. The molecule has 1 saturated heterocycles. The molecular formula is C20H22N2O4. The van der Waals surface area contributed by atoms with E-state index in [9.17, 15) is 9.59 Å². The van der Waals surface area contributed by atoms with Gasteiger partial charge in [0.1, 0.15) is 5.75 Å². The summed E-state index contributed by atoms with van der Waals surface area (Å²) in [6.45, 7) is 4.41. The molecule has 0 bridgehead atoms. The summed E-state index contributed by atoms with van der Waals surface area (Å²) in [6, 6.07) is 12.4. The Bertz CT molecular complexity index is 813. The first-order valence-corrected chi connectivity index (χ1v) is 8.51. The van der Waals surface area contributed by atoms with Crippen molar-refractivity contribution in [2.75, 3.05) is 43.6 Å². The van der Waals surface area contributed by atoms with Gasteiger partial charge in [0.2, 0.25) is 0 Å². The number of ketones is 1. The third-order valence-electron chi connectivity index (χ3n) is 4.34. The number of hydrogen-bond acceptors (Lipinski definition) is 5. The summed E-state index contributed by atoms with van der Waals surface area (Å²) in [7, 11) is 1.55. The number of Topliss-reactive ketones (excluding diaryl/α,β-unsaturated/α-hetero) is 1. The molecule has 1 amide bonds. The fraction of sp³-hybridized carbons (Fsp3) is 0.300. The van der Waals surface area contributed by atoms with Gasteiger partial charge in [0.25, 0.3) is 5.91 Å². The zero-order valence-electron chi connectivity index (χ0n) is 15.0. The lowest BCUT2D eigenvalue weighted by atomic mass is 10.1. The largest absolute Gasteiger partial charge is 0.497 e. The number of amides is 1. The van der Waals surface area contributed by atoms with Crippen molar-refractivity contribution in [2.45, 2.75) is 6.92 Å². The normalized spacial score (nSPS) is 14.0. The number of rotatable bonds is 5. The maximum absolute atomic E-state index is 12.5. The number of benzene rings is 2. The number of nitrogens with one attached hydrogen (secondary N) is 1. The Labute approximate surface area is 152 Å². The number of ether oxygens (including phenoxy) is 2. The smallest absolute Gasteiger partial charge is 0.255 e. The van der Waals surface area contributed by atoms with Crippen molar-refractivity contribution in [2.24, 2.45) is 0 Å². The molecule has 1 heterocycles. The minimum absolute atomic E-state index is 0.0962. The van der Waals surface area contributed by atoms with Crippen LogP contribution in [0.1, 0.15) is 27.6 Å². The van der Waals surface area contributed by atoms with Gasteiger partial charge in [0.05, 0.1) is 26.0 Å². The third kappa shape index (κ3) is 4.03. The second-order valence-electron chi connectivity index (χ2n) is 6.07. The van der Waals surface area contributed by atoms with E-state index < -0.39 is 0 Å². The van der Waals surface area contributed by atoms with Gasteiger partial charge >= 0.3 is 0 Å². The minimum Gasteiger partial charge on any atom is -0.497 e. The number of hydrogen-bond donors (Lipinski definition) is 1. The number of carbonyl (C=O) groups excluding carboxylic acids is 2. The highest BCUT2D eigenvalue weighted by Gasteiger charge is 2.17. The molecule has 6 heteroatoms. The number of morpholine rings is 1. The first-order valence-electron chi connectivity index (χ1n) is 8.51. The van der Waals surface area contributed by atoms with Crippen LogP contribution < -0.4 is 15.0 Å². The summed E-state index contributed by atoms with van der Waals surface area (Å²) < 4.78 is 10.5. The number of methoxy groups -OCH3 is 1. The predicted octanol–water partition coefficient (Wildman–Crippen LogP) is 2.99.